The number of carbonyl (C=O) groups is 3. The van der Waals surface area contributed by atoms with E-state index in [0.717, 1.165) is 35.3 Å². The number of amides is 2. The molecule has 1 aromatic carbocycles. The lowest BCUT2D eigenvalue weighted by Crippen LogP contribution is -2.76. The van der Waals surface area contributed by atoms with Crippen LogP contribution in [0.4, 0.5) is 5.13 Å². The van der Waals surface area contributed by atoms with E-state index in [9.17, 15) is 27.9 Å². The number of rotatable bonds is 13. The average molecular weight is 739 g/mol. The Morgan fingerprint density at radius 2 is 2.00 bits per heavy atom. The number of hydrogen-bond donors (Lipinski definition) is 7. The summed E-state index contributed by atoms with van der Waals surface area (Å²) < 4.78 is 47.3. The number of carbonyl (C=O) groups excluding carboxylic acids is 2. The van der Waals surface area contributed by atoms with Crippen molar-refractivity contribution in [3.63, 3.8) is 0 Å². The standard InChI is InChI=1S/C29H38N8O11S2/c1-28(2)22(25(39)37(28)48-50(42,43)44)35-24(38)21(18-12-49-27(32)34-18)36-47-29(3,26(40)41)20-8-6-15-17(11-45-4)16(5-7-19(15)46-20)23(31)33-14-9-13(30)10-14/h5,7,12-14,20,22H,6,8-11,30H2,1-4H3,(H2,31,33)(H2,32,34)(H,35,38)(H,40,41)(H,42,43,44)/b36-21-/t13-,14+,20-,22-,29+/m1/s1. The molecular formula is C29H38N8O11S2. The van der Waals surface area contributed by atoms with Gasteiger partial charge in [0.1, 0.15) is 23.3 Å². The highest BCUT2D eigenvalue weighted by Gasteiger charge is 2.58. The number of aromatic nitrogens is 1. The Morgan fingerprint density at radius 3 is 2.56 bits per heavy atom. The highest BCUT2D eigenvalue weighted by atomic mass is 32.3. The first-order valence-corrected chi connectivity index (χ1v) is 17.5. The van der Waals surface area contributed by atoms with Crippen LogP contribution in [0.25, 0.3) is 0 Å². The summed E-state index contributed by atoms with van der Waals surface area (Å²) in [5.41, 5.74) is 9.50. The molecule has 1 saturated heterocycles. The molecule has 0 unspecified atom stereocenters. The number of anilines is 1. The number of methoxy groups -OCH3 is 1. The summed E-state index contributed by atoms with van der Waals surface area (Å²) in [6.45, 7) is 4.13. The number of benzene rings is 1. The summed E-state index contributed by atoms with van der Waals surface area (Å²) >= 11 is 0.956. The molecule has 3 heterocycles. The smallest absolute Gasteiger partial charge is 0.418 e. The molecule has 3 atom stereocenters. The molecule has 2 amide bonds. The van der Waals surface area contributed by atoms with E-state index in [-0.39, 0.29) is 41.8 Å². The van der Waals surface area contributed by atoms with Gasteiger partial charge in [-0.15, -0.1) is 15.6 Å². The van der Waals surface area contributed by atoms with Gasteiger partial charge in [0, 0.05) is 35.7 Å². The van der Waals surface area contributed by atoms with Crippen LogP contribution in [0.3, 0.4) is 0 Å². The van der Waals surface area contributed by atoms with Gasteiger partial charge in [-0.05, 0) is 64.2 Å². The number of ether oxygens (including phenoxy) is 2. The molecule has 2 aromatic rings. The monoisotopic (exact) mass is 738 g/mol. The van der Waals surface area contributed by atoms with E-state index >= 15 is 0 Å². The Morgan fingerprint density at radius 1 is 1.30 bits per heavy atom. The van der Waals surface area contributed by atoms with Gasteiger partial charge in [0.25, 0.3) is 17.4 Å². The number of oxime groups is 1. The Hall–Kier alpha value is -4.41. The number of nitrogen functional groups attached to an aromatic ring is 1. The third-order valence-corrected chi connectivity index (χ3v) is 9.87. The van der Waals surface area contributed by atoms with Crippen molar-refractivity contribution >= 4 is 56.2 Å². The van der Waals surface area contributed by atoms with Gasteiger partial charge in [-0.3, -0.25) is 19.6 Å². The molecule has 5 rings (SSSR count). The SMILES string of the molecule is COCc1c(C(=N)N[C@H]2C[C@@H](N)C2)ccc2c1CC[C@H]([C@](C)(O/N=C(\C(=O)N[C@@H]1C(=O)N(OS(=O)(=O)O)C1(C)C)c1csc(N)n1)C(=O)O)O2. The van der Waals surface area contributed by atoms with Gasteiger partial charge in [0.05, 0.1) is 12.1 Å². The molecular weight excluding hydrogens is 700 g/mol. The van der Waals surface area contributed by atoms with Gasteiger partial charge >= 0.3 is 16.4 Å². The van der Waals surface area contributed by atoms with E-state index < -0.39 is 57.2 Å². The summed E-state index contributed by atoms with van der Waals surface area (Å²) in [5.74, 6) is -2.92. The summed E-state index contributed by atoms with van der Waals surface area (Å²) in [7, 11) is -3.51. The van der Waals surface area contributed by atoms with Crippen LogP contribution in [-0.2, 0) is 51.7 Å². The van der Waals surface area contributed by atoms with Gasteiger partial charge in [0.2, 0.25) is 0 Å². The Kier molecular flexibility index (Phi) is 10.1. The zero-order valence-electron chi connectivity index (χ0n) is 27.5. The van der Waals surface area contributed by atoms with Crippen molar-refractivity contribution in [1.29, 1.82) is 5.41 Å². The van der Waals surface area contributed by atoms with Crippen LogP contribution in [-0.4, -0.2) is 99.9 Å². The molecule has 50 heavy (non-hydrogen) atoms. The van der Waals surface area contributed by atoms with Crippen LogP contribution in [0, 0.1) is 5.41 Å². The number of amidine groups is 1. The second-order valence-corrected chi connectivity index (χ2v) is 14.7. The molecule has 1 aromatic heterocycles. The zero-order chi connectivity index (χ0) is 36.8. The number of fused-ring (bicyclic) bond motifs is 1. The summed E-state index contributed by atoms with van der Waals surface area (Å²) in [6.07, 6.45) is 0.877. The average Bonchev–Trinajstić information content (AvgIpc) is 3.46. The number of aliphatic carboxylic acids is 1. The van der Waals surface area contributed by atoms with Gasteiger partial charge in [-0.2, -0.15) is 13.5 Å². The summed E-state index contributed by atoms with van der Waals surface area (Å²) in [6, 6.07) is 2.19. The zero-order valence-corrected chi connectivity index (χ0v) is 29.1. The quantitative estimate of drug-likeness (QED) is 0.0471. The number of β-lactam (4-membered cyclic amide) rings is 1. The maximum Gasteiger partial charge on any atom is 0.418 e. The minimum absolute atomic E-state index is 0.0484. The minimum atomic E-state index is -5.04. The number of thiazole rings is 1. The van der Waals surface area contributed by atoms with E-state index in [1.807, 2.05) is 0 Å². The molecule has 2 fully saturated rings. The maximum absolute atomic E-state index is 13.5. The first kappa shape index (κ1) is 36.9. The van der Waals surface area contributed by atoms with Crippen LogP contribution >= 0.6 is 11.3 Å². The van der Waals surface area contributed by atoms with E-state index in [4.69, 9.17) is 35.7 Å². The topological polar surface area (TPSA) is 291 Å². The number of nitrogens with zero attached hydrogens (tertiary/aromatic N) is 3. The van der Waals surface area contributed by atoms with Crippen LogP contribution in [0.1, 0.15) is 62.4 Å². The summed E-state index contributed by atoms with van der Waals surface area (Å²) in [5, 5.41) is 30.3. The number of nitrogens with two attached hydrogens (primary N) is 2. The minimum Gasteiger partial charge on any atom is -0.485 e. The van der Waals surface area contributed by atoms with Gasteiger partial charge in [-0.25, -0.2) is 9.78 Å². The van der Waals surface area contributed by atoms with Crippen LogP contribution in [0.15, 0.2) is 22.7 Å². The predicted octanol–water partition coefficient (Wildman–Crippen LogP) is 0.0742. The predicted molar refractivity (Wildman–Crippen MR) is 177 cm³/mol. The number of carboxylic acids is 1. The van der Waals surface area contributed by atoms with Crippen molar-refractivity contribution in [3.8, 4) is 5.75 Å². The molecule has 0 spiro atoms. The van der Waals surface area contributed by atoms with Crippen molar-refractivity contribution in [2.24, 2.45) is 10.9 Å². The highest BCUT2D eigenvalue weighted by molar-refractivity contribution is 7.80. The lowest BCUT2D eigenvalue weighted by molar-refractivity contribution is -0.218. The number of nitrogens with one attached hydrogen (secondary N) is 3. The fourth-order valence-electron chi connectivity index (χ4n) is 5.93. The van der Waals surface area contributed by atoms with Crippen molar-refractivity contribution in [2.75, 3.05) is 12.8 Å². The van der Waals surface area contributed by atoms with Crippen molar-refractivity contribution in [1.82, 2.24) is 20.7 Å². The molecule has 272 valence electrons. The van der Waals surface area contributed by atoms with Crippen LogP contribution in [0.2, 0.25) is 0 Å². The normalized spacial score (nSPS) is 24.1. The third kappa shape index (κ3) is 7.23. The van der Waals surface area contributed by atoms with E-state index in [2.05, 4.69) is 25.1 Å². The Bertz CT molecular complexity index is 1840. The third-order valence-electron chi connectivity index (χ3n) is 8.86. The Balaban J connectivity index is 1.38. The fraction of sp³-hybridized carbons (Fsp3) is 0.517. The first-order chi connectivity index (χ1) is 23.4. The molecule has 0 bridgehead atoms. The van der Waals surface area contributed by atoms with Gasteiger partial charge < -0.3 is 41.5 Å². The molecule has 21 heteroatoms. The fourth-order valence-corrected chi connectivity index (χ4v) is 6.93. The largest absolute Gasteiger partial charge is 0.485 e. The molecule has 1 saturated carbocycles. The van der Waals surface area contributed by atoms with Gasteiger partial charge in [0.15, 0.2) is 16.9 Å². The number of carboxylic acid groups (broad SMARTS) is 1. The van der Waals surface area contributed by atoms with Crippen molar-refractivity contribution < 1.29 is 51.1 Å². The van der Waals surface area contributed by atoms with Crippen molar-refractivity contribution in [2.45, 2.75) is 88.4 Å². The van der Waals surface area contributed by atoms with Crippen molar-refractivity contribution in [3.05, 3.63) is 39.9 Å². The molecule has 19 nitrogen and oxygen atoms in total. The molecule has 3 aliphatic rings. The Labute approximate surface area is 290 Å². The number of hydroxylamine groups is 2. The van der Waals surface area contributed by atoms with E-state index in [1.54, 1.807) is 12.1 Å². The lowest BCUT2D eigenvalue weighted by atomic mass is 9.84. The lowest BCUT2D eigenvalue weighted by Gasteiger charge is -2.50. The molecule has 9 N–H and O–H groups in total. The van der Waals surface area contributed by atoms with E-state index in [0.29, 0.717) is 22.8 Å². The van der Waals surface area contributed by atoms with E-state index in [1.165, 1.54) is 33.3 Å². The summed E-state index contributed by atoms with van der Waals surface area (Å²) in [4.78, 5) is 48.5. The first-order valence-electron chi connectivity index (χ1n) is 15.3. The van der Waals surface area contributed by atoms with Gasteiger partial charge in [-0.1, -0.05) is 5.16 Å². The highest BCUT2D eigenvalue weighted by Crippen LogP contribution is 2.38. The molecule has 1 aliphatic carbocycles. The maximum atomic E-state index is 13.5. The number of hydrogen-bond acceptors (Lipinski definition) is 15. The molecule has 0 radical (unpaired) electrons. The second kappa shape index (κ2) is 13.7. The molecule has 2 aliphatic heterocycles. The van der Waals surface area contributed by atoms with Crippen LogP contribution in [0.5, 0.6) is 5.75 Å². The second-order valence-electron chi connectivity index (χ2n) is 12.8. The van der Waals surface area contributed by atoms with Crippen LogP contribution < -0.4 is 26.8 Å².